The minimum Gasteiger partial charge on any atom is -0.487 e. The highest BCUT2D eigenvalue weighted by Gasteiger charge is 2.24. The van der Waals surface area contributed by atoms with Crippen molar-refractivity contribution in [2.24, 2.45) is 5.92 Å². The van der Waals surface area contributed by atoms with Crippen LogP contribution in [0.5, 0.6) is 5.75 Å². The summed E-state index contributed by atoms with van der Waals surface area (Å²) in [4.78, 5) is 2.45. The quantitative estimate of drug-likeness (QED) is 0.658. The largest absolute Gasteiger partial charge is 0.487 e. The molecule has 1 saturated carbocycles. The molecule has 1 saturated heterocycles. The summed E-state index contributed by atoms with van der Waals surface area (Å²) >= 11 is 0. The van der Waals surface area contributed by atoms with Gasteiger partial charge in [-0.15, -0.1) is 0 Å². The number of nitrogens with zero attached hydrogens (tertiary/aromatic N) is 3. The van der Waals surface area contributed by atoms with Crippen molar-refractivity contribution in [2.75, 3.05) is 13.1 Å². The molecule has 5 rings (SSSR count). The van der Waals surface area contributed by atoms with Crippen molar-refractivity contribution in [1.82, 2.24) is 14.6 Å². The number of hydrogen-bond acceptors (Lipinski definition) is 5. The van der Waals surface area contributed by atoms with Gasteiger partial charge in [0.2, 0.25) is 0 Å². The summed E-state index contributed by atoms with van der Waals surface area (Å²) in [5.74, 6) is 2.48. The number of piperidine rings is 1. The van der Waals surface area contributed by atoms with Crippen LogP contribution in [0.15, 0.2) is 35.0 Å². The molecule has 1 aromatic carbocycles. The van der Waals surface area contributed by atoms with Crippen molar-refractivity contribution in [3.63, 3.8) is 0 Å². The molecule has 3 heterocycles. The highest BCUT2D eigenvalue weighted by atomic mass is 16.5. The minimum atomic E-state index is -0.136. The van der Waals surface area contributed by atoms with Crippen molar-refractivity contribution < 1.29 is 14.4 Å². The lowest BCUT2D eigenvalue weighted by Gasteiger charge is -2.29. The molecule has 3 aromatic rings. The maximum absolute atomic E-state index is 9.81. The lowest BCUT2D eigenvalue weighted by molar-refractivity contribution is 0.0794. The summed E-state index contributed by atoms with van der Waals surface area (Å²) in [5, 5.41) is 15.1. The molecular formula is C23H29N3O3. The Balaban J connectivity index is 1.38. The van der Waals surface area contributed by atoms with Gasteiger partial charge in [0.15, 0.2) is 0 Å². The van der Waals surface area contributed by atoms with Crippen LogP contribution in [0.25, 0.3) is 10.9 Å². The van der Waals surface area contributed by atoms with Crippen molar-refractivity contribution in [3.8, 4) is 5.75 Å². The molecule has 1 aliphatic carbocycles. The topological polar surface area (TPSA) is 63.7 Å². The molecule has 0 atom stereocenters. The van der Waals surface area contributed by atoms with Crippen molar-refractivity contribution in [3.05, 3.63) is 47.5 Å². The van der Waals surface area contributed by atoms with Crippen LogP contribution in [0, 0.1) is 12.8 Å². The van der Waals surface area contributed by atoms with Crippen LogP contribution in [0.1, 0.15) is 42.7 Å². The Labute approximate surface area is 171 Å². The van der Waals surface area contributed by atoms with Crippen LogP contribution in [0.3, 0.4) is 0 Å². The van der Waals surface area contributed by atoms with Gasteiger partial charge < -0.3 is 18.9 Å². The predicted molar refractivity (Wildman–Crippen MR) is 111 cm³/mol. The van der Waals surface area contributed by atoms with Crippen molar-refractivity contribution in [1.29, 1.82) is 0 Å². The fourth-order valence-electron chi connectivity index (χ4n) is 4.26. The Bertz CT molecular complexity index is 981. The molecule has 0 radical (unpaired) electrons. The monoisotopic (exact) mass is 395 g/mol. The van der Waals surface area contributed by atoms with E-state index in [1.165, 1.54) is 29.3 Å². The molecule has 2 aromatic heterocycles. The third kappa shape index (κ3) is 4.33. The Morgan fingerprint density at radius 3 is 2.72 bits per heavy atom. The minimum absolute atomic E-state index is 0.136. The van der Waals surface area contributed by atoms with E-state index < -0.39 is 0 Å². The first-order valence-electron chi connectivity index (χ1n) is 10.7. The van der Waals surface area contributed by atoms with E-state index in [-0.39, 0.29) is 6.10 Å². The second-order valence-electron chi connectivity index (χ2n) is 8.65. The van der Waals surface area contributed by atoms with E-state index >= 15 is 0 Å². The number of likely N-dealkylation sites (tertiary alicyclic amines) is 1. The first kappa shape index (κ1) is 18.7. The number of benzene rings is 1. The average molecular weight is 396 g/mol. The lowest BCUT2D eigenvalue weighted by atomic mass is 10.1. The molecule has 6 heteroatoms. The maximum atomic E-state index is 9.81. The number of aliphatic hydroxyl groups is 1. The average Bonchev–Trinajstić information content (AvgIpc) is 3.35. The first-order valence-corrected chi connectivity index (χ1v) is 10.7. The molecule has 2 fully saturated rings. The van der Waals surface area contributed by atoms with E-state index in [1.807, 2.05) is 13.0 Å². The van der Waals surface area contributed by atoms with Crippen LogP contribution in [-0.4, -0.2) is 38.9 Å². The zero-order valence-electron chi connectivity index (χ0n) is 17.0. The van der Waals surface area contributed by atoms with Crippen LogP contribution in [0.2, 0.25) is 0 Å². The normalized spacial score (nSPS) is 18.6. The van der Waals surface area contributed by atoms with Gasteiger partial charge in [0.25, 0.3) is 0 Å². The van der Waals surface area contributed by atoms with E-state index in [4.69, 9.17) is 9.26 Å². The standard InChI is InChI=1S/C23H29N3O3/c1-16-10-19(24-29-16)15-28-21-4-5-23-22(11-21)18(14-26(23)12-17-2-3-17)13-25-8-6-20(27)7-9-25/h4-5,10-11,14,17,20,27H,2-3,6-9,12-13,15H2,1H3. The van der Waals surface area contributed by atoms with Gasteiger partial charge in [0.05, 0.1) is 6.10 Å². The van der Waals surface area contributed by atoms with Crippen molar-refractivity contribution in [2.45, 2.75) is 58.4 Å². The zero-order valence-corrected chi connectivity index (χ0v) is 17.0. The summed E-state index contributed by atoms with van der Waals surface area (Å²) in [5.41, 5.74) is 3.44. The first-order chi connectivity index (χ1) is 14.1. The van der Waals surface area contributed by atoms with Crippen LogP contribution in [0.4, 0.5) is 0 Å². The molecule has 0 bridgehead atoms. The number of aromatic nitrogens is 2. The molecular weight excluding hydrogens is 366 g/mol. The summed E-state index contributed by atoms with van der Waals surface area (Å²) in [6.07, 6.45) is 6.62. The van der Waals surface area contributed by atoms with Crippen LogP contribution in [-0.2, 0) is 19.7 Å². The number of rotatable bonds is 7. The van der Waals surface area contributed by atoms with Gasteiger partial charge >= 0.3 is 0 Å². The van der Waals surface area contributed by atoms with E-state index in [0.29, 0.717) is 6.61 Å². The highest BCUT2D eigenvalue weighted by Crippen LogP contribution is 2.34. The fourth-order valence-corrected chi connectivity index (χ4v) is 4.26. The summed E-state index contributed by atoms with van der Waals surface area (Å²) in [6.45, 7) is 6.23. The van der Waals surface area contributed by atoms with E-state index in [0.717, 1.165) is 62.1 Å². The van der Waals surface area contributed by atoms with E-state index in [1.54, 1.807) is 0 Å². The second kappa shape index (κ2) is 7.84. The van der Waals surface area contributed by atoms with Crippen LogP contribution >= 0.6 is 0 Å². The predicted octanol–water partition coefficient (Wildman–Crippen LogP) is 3.88. The third-order valence-corrected chi connectivity index (χ3v) is 6.10. The highest BCUT2D eigenvalue weighted by molar-refractivity contribution is 5.85. The zero-order chi connectivity index (χ0) is 19.8. The van der Waals surface area contributed by atoms with Crippen molar-refractivity contribution >= 4 is 10.9 Å². The molecule has 1 aliphatic heterocycles. The Kier molecular flexibility index (Phi) is 5.06. The second-order valence-corrected chi connectivity index (χ2v) is 8.65. The Hall–Kier alpha value is -2.31. The number of aliphatic hydroxyl groups excluding tert-OH is 1. The third-order valence-electron chi connectivity index (χ3n) is 6.10. The molecule has 6 nitrogen and oxygen atoms in total. The molecule has 1 N–H and O–H groups in total. The Morgan fingerprint density at radius 1 is 1.17 bits per heavy atom. The summed E-state index contributed by atoms with van der Waals surface area (Å²) < 4.78 is 13.5. The van der Waals surface area contributed by atoms with E-state index in [2.05, 4.69) is 39.0 Å². The molecule has 2 aliphatic rings. The summed E-state index contributed by atoms with van der Waals surface area (Å²) in [7, 11) is 0. The summed E-state index contributed by atoms with van der Waals surface area (Å²) in [6, 6.07) is 8.31. The number of ether oxygens (including phenoxy) is 1. The molecule has 0 amide bonds. The lowest BCUT2D eigenvalue weighted by Crippen LogP contribution is -2.35. The maximum Gasteiger partial charge on any atom is 0.134 e. The molecule has 154 valence electrons. The number of aryl methyl sites for hydroxylation is 1. The van der Waals surface area contributed by atoms with Gasteiger partial charge in [-0.1, -0.05) is 5.16 Å². The Morgan fingerprint density at radius 2 is 2.00 bits per heavy atom. The van der Waals surface area contributed by atoms with Gasteiger partial charge in [-0.25, -0.2) is 0 Å². The van der Waals surface area contributed by atoms with Gasteiger partial charge in [-0.3, -0.25) is 4.90 Å². The van der Waals surface area contributed by atoms with Crippen LogP contribution < -0.4 is 4.74 Å². The van der Waals surface area contributed by atoms with Gasteiger partial charge in [-0.05, 0) is 62.3 Å². The van der Waals surface area contributed by atoms with Gasteiger partial charge in [0.1, 0.15) is 23.8 Å². The molecule has 0 unspecified atom stereocenters. The molecule has 0 spiro atoms. The van der Waals surface area contributed by atoms with Gasteiger partial charge in [0, 0.05) is 49.3 Å². The van der Waals surface area contributed by atoms with Gasteiger partial charge in [-0.2, -0.15) is 0 Å². The SMILES string of the molecule is Cc1cc(COc2ccc3c(c2)c(CN2CCC(O)CC2)cn3CC2CC2)no1. The van der Waals surface area contributed by atoms with E-state index in [9.17, 15) is 5.11 Å². The molecule has 29 heavy (non-hydrogen) atoms. The smallest absolute Gasteiger partial charge is 0.134 e. The number of hydrogen-bond donors (Lipinski definition) is 1. The fraction of sp³-hybridized carbons (Fsp3) is 0.522. The number of fused-ring (bicyclic) bond motifs is 1.